The summed E-state index contributed by atoms with van der Waals surface area (Å²) in [5, 5.41) is 5.15. The van der Waals surface area contributed by atoms with Crippen LogP contribution >= 0.6 is 11.3 Å². The Bertz CT molecular complexity index is 3680. The van der Waals surface area contributed by atoms with Gasteiger partial charge in [0.05, 0.1) is 0 Å². The Balaban J connectivity index is 0.891. The van der Waals surface area contributed by atoms with E-state index in [1.54, 1.807) is 0 Å². The van der Waals surface area contributed by atoms with Gasteiger partial charge < -0.3 is 4.90 Å². The predicted octanol–water partition coefficient (Wildman–Crippen LogP) is 18.7. The third kappa shape index (κ3) is 7.44. The van der Waals surface area contributed by atoms with Gasteiger partial charge in [-0.1, -0.05) is 200 Å². The van der Waals surface area contributed by atoms with Crippen molar-refractivity contribution in [3.63, 3.8) is 0 Å². The maximum atomic E-state index is 2.38. The summed E-state index contributed by atoms with van der Waals surface area (Å²) in [4.78, 5) is 2.38. The number of rotatable bonds is 9. The van der Waals surface area contributed by atoms with Gasteiger partial charge in [-0.3, -0.25) is 0 Å². The molecule has 12 rings (SSSR count). The molecule has 0 aliphatic carbocycles. The van der Waals surface area contributed by atoms with Crippen LogP contribution in [0.2, 0.25) is 0 Å². The lowest BCUT2D eigenvalue weighted by atomic mass is 9.94. The average Bonchev–Trinajstić information content (AvgIpc) is 3.79. The molecule has 2 heteroatoms. The van der Waals surface area contributed by atoms with Crippen LogP contribution in [0.15, 0.2) is 261 Å². The molecule has 0 atom stereocenters. The van der Waals surface area contributed by atoms with E-state index in [1.807, 2.05) is 11.3 Å². The lowest BCUT2D eigenvalue weighted by molar-refractivity contribution is 1.28. The highest BCUT2D eigenvalue weighted by atomic mass is 32.1. The zero-order chi connectivity index (χ0) is 43.8. The summed E-state index contributed by atoms with van der Waals surface area (Å²) in [5.74, 6) is 0. The molecule has 1 aromatic heterocycles. The molecular weight excluding hydrogens is 815 g/mol. The van der Waals surface area contributed by atoms with Crippen molar-refractivity contribution in [1.29, 1.82) is 0 Å². The molecule has 1 heterocycles. The Morgan fingerprint density at radius 1 is 0.242 bits per heavy atom. The first-order valence-electron chi connectivity index (χ1n) is 22.6. The van der Waals surface area contributed by atoms with Crippen LogP contribution in [0.4, 0.5) is 17.1 Å². The van der Waals surface area contributed by atoms with Crippen LogP contribution in [-0.2, 0) is 0 Å². The van der Waals surface area contributed by atoms with Crippen LogP contribution in [-0.4, -0.2) is 0 Å². The molecule has 0 spiro atoms. The molecule has 0 aliphatic rings. The fourth-order valence-corrected chi connectivity index (χ4v) is 10.7. The summed E-state index contributed by atoms with van der Waals surface area (Å²) in [6, 6.07) is 95.1. The minimum atomic E-state index is 1.09. The minimum absolute atomic E-state index is 1.09. The van der Waals surface area contributed by atoms with Crippen molar-refractivity contribution >= 4 is 59.3 Å². The molecule has 0 unspecified atom stereocenters. The lowest BCUT2D eigenvalue weighted by Gasteiger charge is -2.27. The standard InChI is InChI=1S/C64H43NS/c1-2-14-48(15-3-1)58-21-6-7-22-59(58)54-19-11-20-57(43-54)65(56-39-35-49(36-40-56)60-24-12-26-63-64(60)61-23-8-9-25-62(61)66-63)55-37-33-46(34-38-55)45-27-29-47(30-28-45)51-17-10-18-52(41-51)53-32-31-44-13-4-5-16-50(44)42-53/h1-43H. The van der Waals surface area contributed by atoms with Gasteiger partial charge in [0.25, 0.3) is 0 Å². The molecule has 0 fully saturated rings. The van der Waals surface area contributed by atoms with E-state index in [0.717, 1.165) is 17.1 Å². The Morgan fingerprint density at radius 2 is 0.712 bits per heavy atom. The van der Waals surface area contributed by atoms with Crippen molar-refractivity contribution in [3.05, 3.63) is 261 Å². The summed E-state index contributed by atoms with van der Waals surface area (Å²) in [5.41, 5.74) is 17.8. The van der Waals surface area contributed by atoms with Gasteiger partial charge in [0.1, 0.15) is 0 Å². The van der Waals surface area contributed by atoms with E-state index in [2.05, 4.69) is 266 Å². The number of anilines is 3. The molecule has 0 N–H and O–H groups in total. The van der Waals surface area contributed by atoms with Gasteiger partial charge in [-0.25, -0.2) is 0 Å². The van der Waals surface area contributed by atoms with Gasteiger partial charge in [-0.05, 0) is 138 Å². The number of hydrogen-bond donors (Lipinski definition) is 0. The molecule has 0 saturated carbocycles. The second kappa shape index (κ2) is 17.0. The predicted molar refractivity (Wildman–Crippen MR) is 284 cm³/mol. The third-order valence-electron chi connectivity index (χ3n) is 12.9. The van der Waals surface area contributed by atoms with Gasteiger partial charge in [-0.2, -0.15) is 0 Å². The van der Waals surface area contributed by atoms with E-state index in [-0.39, 0.29) is 0 Å². The molecule has 66 heavy (non-hydrogen) atoms. The molecule has 0 radical (unpaired) electrons. The second-order valence-corrected chi connectivity index (χ2v) is 18.0. The SMILES string of the molecule is c1ccc(-c2ccccc2-c2cccc(N(c3ccc(-c4ccc(-c5cccc(-c6ccc7ccccc7c6)c5)cc4)cc3)c3ccc(-c4cccc5sc6ccccc6c45)cc3)c2)cc1. The molecule has 0 amide bonds. The Hall–Kier alpha value is -8.30. The number of benzene rings is 11. The van der Waals surface area contributed by atoms with Gasteiger partial charge in [0, 0.05) is 37.2 Å². The van der Waals surface area contributed by atoms with Crippen molar-refractivity contribution < 1.29 is 0 Å². The summed E-state index contributed by atoms with van der Waals surface area (Å²) in [6.45, 7) is 0. The summed E-state index contributed by atoms with van der Waals surface area (Å²) in [6.07, 6.45) is 0. The largest absolute Gasteiger partial charge is 0.310 e. The van der Waals surface area contributed by atoms with Crippen LogP contribution in [0.25, 0.3) is 97.7 Å². The van der Waals surface area contributed by atoms with Crippen molar-refractivity contribution in [2.45, 2.75) is 0 Å². The number of thiophene rings is 1. The zero-order valence-corrected chi connectivity index (χ0v) is 37.0. The van der Waals surface area contributed by atoms with E-state index in [4.69, 9.17) is 0 Å². The highest BCUT2D eigenvalue weighted by molar-refractivity contribution is 7.25. The first-order valence-corrected chi connectivity index (χ1v) is 23.4. The Labute approximate surface area is 389 Å². The van der Waals surface area contributed by atoms with Gasteiger partial charge in [0.2, 0.25) is 0 Å². The second-order valence-electron chi connectivity index (χ2n) is 16.9. The van der Waals surface area contributed by atoms with E-state index < -0.39 is 0 Å². The summed E-state index contributed by atoms with van der Waals surface area (Å²) in [7, 11) is 0. The van der Waals surface area contributed by atoms with E-state index in [1.165, 1.54) is 97.7 Å². The van der Waals surface area contributed by atoms with Crippen molar-refractivity contribution in [3.8, 4) is 66.8 Å². The van der Waals surface area contributed by atoms with Gasteiger partial charge in [0.15, 0.2) is 0 Å². The smallest absolute Gasteiger partial charge is 0.0467 e. The van der Waals surface area contributed by atoms with Crippen LogP contribution in [0, 0.1) is 0 Å². The Kier molecular flexibility index (Phi) is 10.1. The van der Waals surface area contributed by atoms with E-state index in [0.29, 0.717) is 0 Å². The van der Waals surface area contributed by atoms with Crippen molar-refractivity contribution in [2.75, 3.05) is 4.90 Å². The van der Waals surface area contributed by atoms with Crippen LogP contribution in [0.3, 0.4) is 0 Å². The normalized spacial score (nSPS) is 11.3. The topological polar surface area (TPSA) is 3.24 Å². The third-order valence-corrected chi connectivity index (χ3v) is 14.0. The zero-order valence-electron chi connectivity index (χ0n) is 36.2. The number of nitrogens with zero attached hydrogens (tertiary/aromatic N) is 1. The number of fused-ring (bicyclic) bond motifs is 4. The average molecular weight is 858 g/mol. The van der Waals surface area contributed by atoms with Gasteiger partial charge >= 0.3 is 0 Å². The summed E-state index contributed by atoms with van der Waals surface area (Å²) >= 11 is 1.86. The molecule has 0 aliphatic heterocycles. The fourth-order valence-electron chi connectivity index (χ4n) is 9.57. The van der Waals surface area contributed by atoms with Crippen LogP contribution in [0.5, 0.6) is 0 Å². The van der Waals surface area contributed by atoms with E-state index in [9.17, 15) is 0 Å². The highest BCUT2D eigenvalue weighted by Crippen LogP contribution is 2.43. The quantitative estimate of drug-likeness (QED) is 0.140. The maximum absolute atomic E-state index is 2.38. The van der Waals surface area contributed by atoms with E-state index >= 15 is 0 Å². The van der Waals surface area contributed by atoms with Crippen molar-refractivity contribution in [2.24, 2.45) is 0 Å². The first kappa shape index (κ1) is 39.3. The highest BCUT2D eigenvalue weighted by Gasteiger charge is 2.17. The molecule has 1 nitrogen and oxygen atoms in total. The molecule has 0 bridgehead atoms. The van der Waals surface area contributed by atoms with Gasteiger partial charge in [-0.15, -0.1) is 11.3 Å². The van der Waals surface area contributed by atoms with Crippen LogP contribution in [0.1, 0.15) is 0 Å². The molecule has 310 valence electrons. The fraction of sp³-hybridized carbons (Fsp3) is 0. The number of hydrogen-bond acceptors (Lipinski definition) is 2. The maximum Gasteiger partial charge on any atom is 0.0467 e. The minimum Gasteiger partial charge on any atom is -0.310 e. The summed E-state index contributed by atoms with van der Waals surface area (Å²) < 4.78 is 2.63. The molecule has 11 aromatic carbocycles. The van der Waals surface area contributed by atoms with Crippen LogP contribution < -0.4 is 4.90 Å². The molecule has 12 aromatic rings. The molecule has 0 saturated heterocycles. The monoisotopic (exact) mass is 857 g/mol. The Morgan fingerprint density at radius 3 is 1.47 bits per heavy atom. The van der Waals surface area contributed by atoms with Crippen molar-refractivity contribution in [1.82, 2.24) is 0 Å². The lowest BCUT2D eigenvalue weighted by Crippen LogP contribution is -2.10. The molecular formula is C64H43NS. The first-order chi connectivity index (χ1) is 32.7.